The van der Waals surface area contributed by atoms with Gasteiger partial charge in [0.25, 0.3) is 0 Å². The first kappa shape index (κ1) is 13.4. The van der Waals surface area contributed by atoms with Crippen LogP contribution in [0.25, 0.3) is 0 Å². The average molecular weight is 244 g/mol. The normalized spacial score (nSPS) is 21.3. The van der Waals surface area contributed by atoms with E-state index < -0.39 is 8.32 Å². The minimum absolute atomic E-state index is 0.209. The molecule has 1 fully saturated rings. The van der Waals surface area contributed by atoms with Gasteiger partial charge >= 0.3 is 11.9 Å². The molecule has 0 aromatic heterocycles. The number of hydrogen-bond donors (Lipinski definition) is 0. The highest BCUT2D eigenvalue weighted by Crippen LogP contribution is 2.24. The van der Waals surface area contributed by atoms with E-state index >= 15 is 0 Å². The molecule has 1 aliphatic heterocycles. The van der Waals surface area contributed by atoms with Gasteiger partial charge in [0, 0.05) is 6.61 Å². The molecule has 0 aromatic carbocycles. The maximum atomic E-state index is 11.2. The first-order valence-electron chi connectivity index (χ1n) is 5.83. The molecule has 0 bridgehead atoms. The lowest BCUT2D eigenvalue weighted by atomic mass is 10.0. The third-order valence-corrected chi connectivity index (χ3v) is 5.46. The summed E-state index contributed by atoms with van der Waals surface area (Å²) in [5.74, 6) is -0.934. The number of carbonyl (C=O) groups is 2. The largest absolute Gasteiger partial charge is 0.418 e. The first-order valence-corrected chi connectivity index (χ1v) is 8.94. The number of esters is 2. The molecule has 0 aliphatic carbocycles. The molecule has 1 saturated heterocycles. The van der Waals surface area contributed by atoms with E-state index in [1.807, 2.05) is 6.92 Å². The van der Waals surface area contributed by atoms with Crippen molar-refractivity contribution in [2.75, 3.05) is 6.61 Å². The molecule has 0 aromatic rings. The molecule has 0 amide bonds. The van der Waals surface area contributed by atoms with Crippen LogP contribution in [0.15, 0.2) is 0 Å². The molecule has 5 heteroatoms. The lowest BCUT2D eigenvalue weighted by molar-refractivity contribution is -0.153. The fourth-order valence-electron chi connectivity index (χ4n) is 1.98. The maximum Gasteiger partial charge on any atom is 0.317 e. The zero-order valence-corrected chi connectivity index (χ0v) is 11.2. The van der Waals surface area contributed by atoms with E-state index in [0.29, 0.717) is 0 Å². The van der Waals surface area contributed by atoms with Crippen molar-refractivity contribution in [2.45, 2.75) is 45.3 Å². The number of hydrogen-bond acceptors (Lipinski definition) is 4. The van der Waals surface area contributed by atoms with Crippen LogP contribution in [-0.4, -0.2) is 26.9 Å². The molecule has 0 spiro atoms. The summed E-state index contributed by atoms with van der Waals surface area (Å²) >= 11 is 0. The van der Waals surface area contributed by atoms with Crippen molar-refractivity contribution in [1.82, 2.24) is 0 Å². The number of cyclic esters (lactones) is 2. The summed E-state index contributed by atoms with van der Waals surface area (Å²) in [6.45, 7) is 7.11. The second-order valence-corrected chi connectivity index (χ2v) is 9.09. The van der Waals surface area contributed by atoms with Gasteiger partial charge in [-0.3, -0.25) is 9.59 Å². The van der Waals surface area contributed by atoms with Gasteiger partial charge in [-0.2, -0.15) is 0 Å². The lowest BCUT2D eigenvalue weighted by Gasteiger charge is -2.21. The third-order valence-electron chi connectivity index (χ3n) is 2.83. The fourth-order valence-corrected chi connectivity index (χ4v) is 3.96. The second-order valence-electron chi connectivity index (χ2n) is 4.78. The molecule has 0 radical (unpaired) electrons. The van der Waals surface area contributed by atoms with Crippen molar-refractivity contribution >= 4 is 20.3 Å². The highest BCUT2D eigenvalue weighted by atomic mass is 28.4. The van der Waals surface area contributed by atoms with Gasteiger partial charge in [-0.25, -0.2) is 0 Å². The van der Waals surface area contributed by atoms with Crippen LogP contribution in [0.3, 0.4) is 0 Å². The van der Waals surface area contributed by atoms with E-state index in [4.69, 9.17) is 4.43 Å². The van der Waals surface area contributed by atoms with E-state index in [0.717, 1.165) is 25.5 Å². The highest BCUT2D eigenvalue weighted by molar-refractivity contribution is 6.71. The topological polar surface area (TPSA) is 52.6 Å². The Balaban J connectivity index is 2.25. The minimum Gasteiger partial charge on any atom is -0.418 e. The van der Waals surface area contributed by atoms with Gasteiger partial charge in [0.05, 0.1) is 12.3 Å². The Bertz CT molecular complexity index is 275. The van der Waals surface area contributed by atoms with Gasteiger partial charge in [-0.1, -0.05) is 6.42 Å². The highest BCUT2D eigenvalue weighted by Gasteiger charge is 2.33. The van der Waals surface area contributed by atoms with Crippen LogP contribution in [0.4, 0.5) is 0 Å². The number of rotatable bonds is 6. The molecule has 1 atom stereocenters. The SMILES string of the molecule is CCO[Si](C)(C)CCCC1CC(=O)OC1=O. The standard InChI is InChI=1S/C11H20O4Si/c1-4-14-16(2,3)7-5-6-9-8-10(12)15-11(9)13/h9H,4-8H2,1-3H3. The molecule has 1 aliphatic rings. The van der Waals surface area contributed by atoms with E-state index in [1.165, 1.54) is 0 Å². The van der Waals surface area contributed by atoms with E-state index in [2.05, 4.69) is 17.8 Å². The molecule has 0 saturated carbocycles. The summed E-state index contributed by atoms with van der Waals surface area (Å²) in [5.41, 5.74) is 0. The van der Waals surface area contributed by atoms with Gasteiger partial charge in [0.2, 0.25) is 0 Å². The van der Waals surface area contributed by atoms with E-state index in [9.17, 15) is 9.59 Å². The van der Waals surface area contributed by atoms with E-state index in [-0.39, 0.29) is 24.3 Å². The zero-order valence-electron chi connectivity index (χ0n) is 10.2. The Morgan fingerprint density at radius 2 is 2.12 bits per heavy atom. The van der Waals surface area contributed by atoms with Crippen molar-refractivity contribution in [2.24, 2.45) is 5.92 Å². The van der Waals surface area contributed by atoms with Gasteiger partial charge in [0.1, 0.15) is 0 Å². The Kier molecular flexibility index (Phi) is 4.67. The molecule has 1 rings (SSSR count). The zero-order chi connectivity index (χ0) is 12.2. The maximum absolute atomic E-state index is 11.2. The van der Waals surface area contributed by atoms with Gasteiger partial charge in [0.15, 0.2) is 8.32 Å². The number of ether oxygens (including phenoxy) is 1. The molecule has 16 heavy (non-hydrogen) atoms. The van der Waals surface area contributed by atoms with Crippen LogP contribution < -0.4 is 0 Å². The summed E-state index contributed by atoms with van der Waals surface area (Å²) < 4.78 is 10.2. The molecule has 1 unspecified atom stereocenters. The van der Waals surface area contributed by atoms with Crippen LogP contribution in [0.1, 0.15) is 26.2 Å². The van der Waals surface area contributed by atoms with Crippen molar-refractivity contribution in [3.05, 3.63) is 0 Å². The smallest absolute Gasteiger partial charge is 0.317 e. The van der Waals surface area contributed by atoms with Crippen LogP contribution in [-0.2, 0) is 18.8 Å². The van der Waals surface area contributed by atoms with Crippen molar-refractivity contribution in [3.8, 4) is 0 Å². The first-order chi connectivity index (χ1) is 7.44. The van der Waals surface area contributed by atoms with Crippen LogP contribution in [0.5, 0.6) is 0 Å². The Labute approximate surface area is 97.4 Å². The number of carbonyl (C=O) groups excluding carboxylic acids is 2. The van der Waals surface area contributed by atoms with Crippen LogP contribution in [0, 0.1) is 5.92 Å². The summed E-state index contributed by atoms with van der Waals surface area (Å²) in [6, 6.07) is 1.03. The second kappa shape index (κ2) is 5.59. The fraction of sp³-hybridized carbons (Fsp3) is 0.818. The van der Waals surface area contributed by atoms with Crippen molar-refractivity contribution in [1.29, 1.82) is 0 Å². The summed E-state index contributed by atoms with van der Waals surface area (Å²) in [7, 11) is -1.55. The molecular formula is C11H20O4Si. The van der Waals surface area contributed by atoms with Crippen molar-refractivity contribution in [3.63, 3.8) is 0 Å². The third kappa shape index (κ3) is 4.06. The Morgan fingerprint density at radius 3 is 2.62 bits per heavy atom. The predicted molar refractivity (Wildman–Crippen MR) is 62.4 cm³/mol. The molecule has 0 N–H and O–H groups in total. The average Bonchev–Trinajstić information content (AvgIpc) is 2.44. The lowest BCUT2D eigenvalue weighted by Crippen LogP contribution is -2.30. The minimum atomic E-state index is -1.55. The van der Waals surface area contributed by atoms with Gasteiger partial charge in [-0.15, -0.1) is 0 Å². The summed E-state index contributed by atoms with van der Waals surface area (Å²) in [5, 5.41) is 0. The molecule has 1 heterocycles. The summed E-state index contributed by atoms with van der Waals surface area (Å²) in [4.78, 5) is 22.1. The van der Waals surface area contributed by atoms with Gasteiger partial charge in [-0.05, 0) is 32.5 Å². The van der Waals surface area contributed by atoms with Crippen LogP contribution in [0.2, 0.25) is 19.1 Å². The molecule has 4 nitrogen and oxygen atoms in total. The Morgan fingerprint density at radius 1 is 1.44 bits per heavy atom. The summed E-state index contributed by atoms with van der Waals surface area (Å²) in [6.07, 6.45) is 1.94. The van der Waals surface area contributed by atoms with Gasteiger partial charge < -0.3 is 9.16 Å². The van der Waals surface area contributed by atoms with E-state index in [1.54, 1.807) is 0 Å². The van der Waals surface area contributed by atoms with Crippen LogP contribution >= 0.6 is 0 Å². The quantitative estimate of drug-likeness (QED) is 0.408. The Hall–Kier alpha value is -0.683. The monoisotopic (exact) mass is 244 g/mol. The predicted octanol–water partition coefficient (Wildman–Crippen LogP) is 2.10. The molecule has 92 valence electrons. The molecular weight excluding hydrogens is 224 g/mol. The van der Waals surface area contributed by atoms with Crippen molar-refractivity contribution < 1.29 is 18.8 Å².